The molecule has 0 aliphatic carbocycles. The van der Waals surface area contributed by atoms with E-state index in [0.29, 0.717) is 5.88 Å². The van der Waals surface area contributed by atoms with E-state index in [1.165, 1.54) is 5.56 Å². The zero-order valence-corrected chi connectivity index (χ0v) is 8.11. The maximum atomic E-state index is 5.50. The van der Waals surface area contributed by atoms with Gasteiger partial charge >= 0.3 is 0 Å². The zero-order chi connectivity index (χ0) is 9.97. The van der Waals surface area contributed by atoms with E-state index >= 15 is 0 Å². The number of aromatic amines is 1. The number of nitrogens with zero attached hydrogens (tertiary/aromatic N) is 2. The fraction of sp³-hybridized carbons (Fsp3) is 0.200. The molecule has 4 nitrogen and oxygen atoms in total. The molecule has 0 saturated heterocycles. The standard InChI is InChI=1S/C10H11N3O/c1-7-3-4-9(8(2)5-7)14-10-6-11-13-12-10/h3-6H,1-2H3,(H,11,12,13). The molecular formula is C10H11N3O. The highest BCUT2D eigenvalue weighted by Gasteiger charge is 2.02. The number of aryl methyl sites for hydroxylation is 2. The lowest BCUT2D eigenvalue weighted by molar-refractivity contribution is 0.458. The molecule has 0 spiro atoms. The van der Waals surface area contributed by atoms with Gasteiger partial charge in [-0.1, -0.05) is 17.7 Å². The smallest absolute Gasteiger partial charge is 0.258 e. The van der Waals surface area contributed by atoms with E-state index in [1.807, 2.05) is 26.0 Å². The summed E-state index contributed by atoms with van der Waals surface area (Å²) in [4.78, 5) is 0. The van der Waals surface area contributed by atoms with Gasteiger partial charge in [-0.25, -0.2) is 0 Å². The first-order chi connectivity index (χ1) is 6.75. The Kier molecular flexibility index (Phi) is 2.18. The maximum Gasteiger partial charge on any atom is 0.258 e. The van der Waals surface area contributed by atoms with Crippen molar-refractivity contribution in [3.63, 3.8) is 0 Å². The van der Waals surface area contributed by atoms with Gasteiger partial charge in [0.15, 0.2) is 0 Å². The molecule has 14 heavy (non-hydrogen) atoms. The minimum atomic E-state index is 0.483. The summed E-state index contributed by atoms with van der Waals surface area (Å²) in [5, 5.41) is 9.98. The van der Waals surface area contributed by atoms with Crippen molar-refractivity contribution in [3.05, 3.63) is 35.5 Å². The summed E-state index contributed by atoms with van der Waals surface area (Å²) in [5.74, 6) is 1.29. The summed E-state index contributed by atoms with van der Waals surface area (Å²) in [6.07, 6.45) is 1.54. The average molecular weight is 189 g/mol. The van der Waals surface area contributed by atoms with Gasteiger partial charge in [0.05, 0.1) is 0 Å². The third-order valence-corrected chi connectivity index (χ3v) is 1.94. The Morgan fingerprint density at radius 1 is 1.29 bits per heavy atom. The van der Waals surface area contributed by atoms with Crippen molar-refractivity contribution in [1.82, 2.24) is 15.4 Å². The molecular weight excluding hydrogens is 178 g/mol. The Morgan fingerprint density at radius 3 is 2.79 bits per heavy atom. The molecule has 4 heteroatoms. The fourth-order valence-electron chi connectivity index (χ4n) is 1.27. The predicted molar refractivity (Wildman–Crippen MR) is 52.4 cm³/mol. The average Bonchev–Trinajstić information content (AvgIpc) is 2.62. The molecule has 0 saturated carbocycles. The molecule has 2 aromatic rings. The van der Waals surface area contributed by atoms with E-state index in [2.05, 4.69) is 21.5 Å². The molecule has 0 radical (unpaired) electrons. The number of aromatic nitrogens is 3. The van der Waals surface area contributed by atoms with Gasteiger partial charge in [0.2, 0.25) is 0 Å². The van der Waals surface area contributed by atoms with Crippen LogP contribution in [-0.4, -0.2) is 15.4 Å². The van der Waals surface area contributed by atoms with Crippen molar-refractivity contribution in [2.24, 2.45) is 0 Å². The van der Waals surface area contributed by atoms with Gasteiger partial charge in [0.1, 0.15) is 11.9 Å². The van der Waals surface area contributed by atoms with Gasteiger partial charge in [0.25, 0.3) is 5.88 Å². The van der Waals surface area contributed by atoms with Crippen molar-refractivity contribution < 1.29 is 4.74 Å². The van der Waals surface area contributed by atoms with Crippen LogP contribution >= 0.6 is 0 Å². The normalized spacial score (nSPS) is 10.1. The van der Waals surface area contributed by atoms with E-state index in [9.17, 15) is 0 Å². The maximum absolute atomic E-state index is 5.50. The van der Waals surface area contributed by atoms with Crippen molar-refractivity contribution >= 4 is 0 Å². The Bertz CT molecular complexity index is 423. The molecule has 2 rings (SSSR count). The molecule has 1 aromatic heterocycles. The molecule has 0 amide bonds. The van der Waals surface area contributed by atoms with Crippen LogP contribution in [-0.2, 0) is 0 Å². The topological polar surface area (TPSA) is 50.8 Å². The predicted octanol–water partition coefficient (Wildman–Crippen LogP) is 2.21. The number of nitrogens with one attached hydrogen (secondary N) is 1. The lowest BCUT2D eigenvalue weighted by Crippen LogP contribution is -1.88. The molecule has 1 heterocycles. The van der Waals surface area contributed by atoms with Gasteiger partial charge in [0, 0.05) is 0 Å². The third-order valence-electron chi connectivity index (χ3n) is 1.94. The fourth-order valence-corrected chi connectivity index (χ4v) is 1.27. The minimum absolute atomic E-state index is 0.483. The van der Waals surface area contributed by atoms with E-state index in [4.69, 9.17) is 4.74 Å². The van der Waals surface area contributed by atoms with Crippen LogP contribution in [0.4, 0.5) is 0 Å². The van der Waals surface area contributed by atoms with Crippen LogP contribution in [0.1, 0.15) is 11.1 Å². The van der Waals surface area contributed by atoms with Crippen LogP contribution in [0.5, 0.6) is 11.6 Å². The van der Waals surface area contributed by atoms with E-state index in [1.54, 1.807) is 6.20 Å². The molecule has 0 fully saturated rings. The Balaban J connectivity index is 2.25. The zero-order valence-electron chi connectivity index (χ0n) is 8.11. The minimum Gasteiger partial charge on any atom is -0.436 e. The van der Waals surface area contributed by atoms with Crippen LogP contribution < -0.4 is 4.74 Å². The van der Waals surface area contributed by atoms with E-state index < -0.39 is 0 Å². The highest BCUT2D eigenvalue weighted by Crippen LogP contribution is 2.23. The highest BCUT2D eigenvalue weighted by atomic mass is 16.5. The van der Waals surface area contributed by atoms with Crippen LogP contribution in [0.25, 0.3) is 0 Å². The van der Waals surface area contributed by atoms with E-state index in [-0.39, 0.29) is 0 Å². The monoisotopic (exact) mass is 189 g/mol. The van der Waals surface area contributed by atoms with Gasteiger partial charge < -0.3 is 4.74 Å². The summed E-state index contributed by atoms with van der Waals surface area (Å²) in [6, 6.07) is 6.00. The van der Waals surface area contributed by atoms with E-state index in [0.717, 1.165) is 11.3 Å². The second kappa shape index (κ2) is 3.49. The summed E-state index contributed by atoms with van der Waals surface area (Å²) in [5.41, 5.74) is 2.31. The molecule has 0 atom stereocenters. The van der Waals surface area contributed by atoms with Gasteiger partial charge in [-0.15, -0.1) is 5.10 Å². The van der Waals surface area contributed by atoms with Gasteiger partial charge in [-0.2, -0.15) is 10.3 Å². The van der Waals surface area contributed by atoms with Crippen molar-refractivity contribution in [2.45, 2.75) is 13.8 Å². The third kappa shape index (κ3) is 1.74. The van der Waals surface area contributed by atoms with Crippen molar-refractivity contribution in [3.8, 4) is 11.6 Å². The lowest BCUT2D eigenvalue weighted by Gasteiger charge is -2.05. The lowest BCUT2D eigenvalue weighted by atomic mass is 10.1. The first-order valence-electron chi connectivity index (χ1n) is 4.36. The summed E-state index contributed by atoms with van der Waals surface area (Å²) in [7, 11) is 0. The van der Waals surface area contributed by atoms with Crippen LogP contribution in [0.3, 0.4) is 0 Å². The van der Waals surface area contributed by atoms with Crippen LogP contribution in [0.2, 0.25) is 0 Å². The molecule has 0 bridgehead atoms. The number of hydrogen-bond acceptors (Lipinski definition) is 3. The molecule has 1 aromatic carbocycles. The molecule has 1 N–H and O–H groups in total. The Labute approximate surface area is 81.9 Å². The van der Waals surface area contributed by atoms with Crippen molar-refractivity contribution in [1.29, 1.82) is 0 Å². The first kappa shape index (κ1) is 8.74. The molecule has 72 valence electrons. The quantitative estimate of drug-likeness (QED) is 0.788. The number of H-pyrrole nitrogens is 1. The van der Waals surface area contributed by atoms with Crippen molar-refractivity contribution in [2.75, 3.05) is 0 Å². The van der Waals surface area contributed by atoms with Crippen LogP contribution in [0.15, 0.2) is 24.4 Å². The largest absolute Gasteiger partial charge is 0.436 e. The Morgan fingerprint density at radius 2 is 2.14 bits per heavy atom. The summed E-state index contributed by atoms with van der Waals surface area (Å²) < 4.78 is 5.50. The number of ether oxygens (including phenoxy) is 1. The van der Waals surface area contributed by atoms with Gasteiger partial charge in [-0.05, 0) is 25.5 Å². The second-order valence-corrected chi connectivity index (χ2v) is 3.18. The molecule has 0 aliphatic rings. The number of hydrogen-bond donors (Lipinski definition) is 1. The number of rotatable bonds is 2. The highest BCUT2D eigenvalue weighted by molar-refractivity contribution is 5.37. The second-order valence-electron chi connectivity index (χ2n) is 3.18. The molecule has 0 aliphatic heterocycles. The van der Waals surface area contributed by atoms with Crippen LogP contribution in [0, 0.1) is 13.8 Å². The first-order valence-corrected chi connectivity index (χ1v) is 4.36. The summed E-state index contributed by atoms with van der Waals surface area (Å²) in [6.45, 7) is 4.05. The Hall–Kier alpha value is -1.84. The van der Waals surface area contributed by atoms with Gasteiger partial charge in [-0.3, -0.25) is 0 Å². The molecule has 0 unspecified atom stereocenters. The summed E-state index contributed by atoms with van der Waals surface area (Å²) >= 11 is 0. The number of benzene rings is 1. The SMILES string of the molecule is Cc1ccc(Oc2cn[nH]n2)c(C)c1.